The second kappa shape index (κ2) is 5.05. The van der Waals surface area contributed by atoms with E-state index in [-0.39, 0.29) is 23.8 Å². The van der Waals surface area contributed by atoms with E-state index in [4.69, 9.17) is 16.9 Å². The van der Waals surface area contributed by atoms with Gasteiger partial charge in [0.1, 0.15) is 11.2 Å². The fraction of sp³-hybridized carbons (Fsp3) is 0.364. The van der Waals surface area contributed by atoms with Gasteiger partial charge in [-0.15, -0.1) is 0 Å². The molecule has 2 rings (SSSR count). The minimum atomic E-state index is -4.20. The lowest BCUT2D eigenvalue weighted by Crippen LogP contribution is -2.10. The molecule has 0 atom stereocenters. The SMILES string of the molecule is N#Cc1nn(CCCC(F)(F)F)c2nc(Cl)ccc12. The Morgan fingerprint density at radius 3 is 2.74 bits per heavy atom. The number of fused-ring (bicyclic) bond motifs is 1. The summed E-state index contributed by atoms with van der Waals surface area (Å²) in [5.74, 6) is 0. The number of nitrogens with zero attached hydrogens (tertiary/aromatic N) is 4. The molecule has 0 bridgehead atoms. The van der Waals surface area contributed by atoms with E-state index in [0.29, 0.717) is 11.0 Å². The molecule has 2 heterocycles. The van der Waals surface area contributed by atoms with Gasteiger partial charge in [0.2, 0.25) is 0 Å². The number of hydrogen-bond acceptors (Lipinski definition) is 3. The zero-order valence-electron chi connectivity index (χ0n) is 9.58. The minimum absolute atomic E-state index is 0.0328. The largest absolute Gasteiger partial charge is 0.389 e. The van der Waals surface area contributed by atoms with Gasteiger partial charge < -0.3 is 0 Å². The first kappa shape index (κ1) is 13.6. The standard InChI is InChI=1S/C11H8ClF3N4/c12-9-3-2-7-8(6-16)18-19(10(7)17-9)5-1-4-11(13,14)15/h2-3H,1,4-5H2. The van der Waals surface area contributed by atoms with E-state index in [9.17, 15) is 13.2 Å². The second-order valence-electron chi connectivity index (χ2n) is 3.91. The number of pyridine rings is 1. The zero-order chi connectivity index (χ0) is 14.0. The number of hydrogen-bond donors (Lipinski definition) is 0. The van der Waals surface area contributed by atoms with Crippen molar-refractivity contribution in [1.82, 2.24) is 14.8 Å². The first-order valence-electron chi connectivity index (χ1n) is 5.40. The Bertz CT molecular complexity index is 642. The Hall–Kier alpha value is -1.81. The Balaban J connectivity index is 2.28. The number of aryl methyl sites for hydroxylation is 1. The summed E-state index contributed by atoms with van der Waals surface area (Å²) < 4.78 is 37.6. The molecular weight excluding hydrogens is 281 g/mol. The summed E-state index contributed by atoms with van der Waals surface area (Å²) in [5, 5.41) is 13.5. The molecule has 0 aliphatic rings. The third-order valence-corrected chi connectivity index (χ3v) is 2.71. The molecule has 0 amide bonds. The molecule has 0 aliphatic heterocycles. The van der Waals surface area contributed by atoms with Crippen molar-refractivity contribution in [1.29, 1.82) is 5.26 Å². The van der Waals surface area contributed by atoms with Crippen LogP contribution in [0.25, 0.3) is 11.0 Å². The van der Waals surface area contributed by atoms with Crippen molar-refractivity contribution in [3.8, 4) is 6.07 Å². The lowest BCUT2D eigenvalue weighted by atomic mass is 10.3. The van der Waals surface area contributed by atoms with Gasteiger partial charge in [-0.3, -0.25) is 0 Å². The van der Waals surface area contributed by atoms with Crippen LogP contribution in [-0.4, -0.2) is 20.9 Å². The molecule has 0 fully saturated rings. The lowest BCUT2D eigenvalue weighted by Gasteiger charge is -2.06. The molecule has 0 aromatic carbocycles. The topological polar surface area (TPSA) is 54.5 Å². The maximum atomic E-state index is 12.1. The van der Waals surface area contributed by atoms with Gasteiger partial charge in [0.25, 0.3) is 0 Å². The highest BCUT2D eigenvalue weighted by molar-refractivity contribution is 6.29. The van der Waals surface area contributed by atoms with Gasteiger partial charge in [-0.2, -0.15) is 23.5 Å². The lowest BCUT2D eigenvalue weighted by molar-refractivity contribution is -0.135. The van der Waals surface area contributed by atoms with Gasteiger partial charge >= 0.3 is 6.18 Å². The summed E-state index contributed by atoms with van der Waals surface area (Å²) in [6, 6.07) is 4.97. The van der Waals surface area contributed by atoms with Crippen LogP contribution in [0.15, 0.2) is 12.1 Å². The maximum absolute atomic E-state index is 12.1. The normalized spacial score (nSPS) is 11.7. The third-order valence-electron chi connectivity index (χ3n) is 2.50. The number of alkyl halides is 3. The Morgan fingerprint density at radius 2 is 2.11 bits per heavy atom. The molecule has 8 heteroatoms. The van der Waals surface area contributed by atoms with Crippen molar-refractivity contribution >= 4 is 22.6 Å². The van der Waals surface area contributed by atoms with Crippen molar-refractivity contribution in [3.05, 3.63) is 23.0 Å². The van der Waals surface area contributed by atoms with Crippen LogP contribution in [0, 0.1) is 11.3 Å². The van der Waals surface area contributed by atoms with Gasteiger partial charge in [0.15, 0.2) is 11.3 Å². The van der Waals surface area contributed by atoms with E-state index < -0.39 is 12.6 Å². The van der Waals surface area contributed by atoms with Crippen LogP contribution in [0.3, 0.4) is 0 Å². The van der Waals surface area contributed by atoms with Crippen LogP contribution >= 0.6 is 11.6 Å². The molecule has 0 radical (unpaired) electrons. The van der Waals surface area contributed by atoms with Gasteiger partial charge in [0, 0.05) is 13.0 Å². The summed E-state index contributed by atoms with van der Waals surface area (Å²) in [6.07, 6.45) is -5.23. The molecule has 100 valence electrons. The molecule has 0 N–H and O–H groups in total. The second-order valence-corrected chi connectivity index (χ2v) is 4.29. The van der Waals surface area contributed by atoms with Gasteiger partial charge in [0.05, 0.1) is 5.39 Å². The van der Waals surface area contributed by atoms with Crippen molar-refractivity contribution in [2.24, 2.45) is 0 Å². The molecule has 2 aromatic rings. The van der Waals surface area contributed by atoms with Crippen LogP contribution in [0.2, 0.25) is 5.15 Å². The predicted molar refractivity (Wildman–Crippen MR) is 62.5 cm³/mol. The Kier molecular flexibility index (Phi) is 3.62. The molecule has 0 aliphatic carbocycles. The van der Waals surface area contributed by atoms with Gasteiger partial charge in [-0.05, 0) is 18.6 Å². The average Bonchev–Trinajstić information content (AvgIpc) is 2.65. The highest BCUT2D eigenvalue weighted by Crippen LogP contribution is 2.23. The number of nitriles is 1. The van der Waals surface area contributed by atoms with Crippen LogP contribution in [0.5, 0.6) is 0 Å². The molecule has 4 nitrogen and oxygen atoms in total. The fourth-order valence-corrected chi connectivity index (χ4v) is 1.84. The van der Waals surface area contributed by atoms with E-state index >= 15 is 0 Å². The molecule has 0 saturated heterocycles. The molecule has 19 heavy (non-hydrogen) atoms. The monoisotopic (exact) mass is 288 g/mol. The molecule has 0 unspecified atom stereocenters. The fourth-order valence-electron chi connectivity index (χ4n) is 1.70. The first-order chi connectivity index (χ1) is 8.90. The number of aromatic nitrogens is 3. The van der Waals surface area contributed by atoms with E-state index in [0.717, 1.165) is 0 Å². The molecule has 0 spiro atoms. The number of halogens is 4. The Morgan fingerprint density at radius 1 is 1.37 bits per heavy atom. The third kappa shape index (κ3) is 3.15. The zero-order valence-corrected chi connectivity index (χ0v) is 10.3. The van der Waals surface area contributed by atoms with Gasteiger partial charge in [-0.1, -0.05) is 11.6 Å². The first-order valence-corrected chi connectivity index (χ1v) is 5.78. The minimum Gasteiger partial charge on any atom is -0.246 e. The van der Waals surface area contributed by atoms with E-state index in [1.807, 2.05) is 6.07 Å². The summed E-state index contributed by atoms with van der Waals surface area (Å²) in [4.78, 5) is 3.99. The van der Waals surface area contributed by atoms with E-state index in [1.165, 1.54) is 10.7 Å². The Labute approximate surface area is 111 Å². The van der Waals surface area contributed by atoms with Crippen LogP contribution in [0.1, 0.15) is 18.5 Å². The molecule has 0 saturated carbocycles. The van der Waals surface area contributed by atoms with Crippen LogP contribution in [0.4, 0.5) is 13.2 Å². The van der Waals surface area contributed by atoms with Crippen molar-refractivity contribution in [2.75, 3.05) is 0 Å². The smallest absolute Gasteiger partial charge is 0.246 e. The van der Waals surface area contributed by atoms with Crippen molar-refractivity contribution < 1.29 is 13.2 Å². The molecule has 2 aromatic heterocycles. The van der Waals surface area contributed by atoms with Crippen LogP contribution in [-0.2, 0) is 6.54 Å². The number of rotatable bonds is 3. The maximum Gasteiger partial charge on any atom is 0.389 e. The van der Waals surface area contributed by atoms with E-state index in [1.54, 1.807) is 6.07 Å². The van der Waals surface area contributed by atoms with Gasteiger partial charge in [-0.25, -0.2) is 9.67 Å². The molecular formula is C11H8ClF3N4. The van der Waals surface area contributed by atoms with E-state index in [2.05, 4.69) is 10.1 Å². The van der Waals surface area contributed by atoms with Crippen LogP contribution < -0.4 is 0 Å². The summed E-state index contributed by atoms with van der Waals surface area (Å²) >= 11 is 5.73. The summed E-state index contributed by atoms with van der Waals surface area (Å²) in [6.45, 7) is 0.0328. The summed E-state index contributed by atoms with van der Waals surface area (Å²) in [5.41, 5.74) is 0.456. The van der Waals surface area contributed by atoms with Crippen molar-refractivity contribution in [3.63, 3.8) is 0 Å². The predicted octanol–water partition coefficient (Wildman–Crippen LogP) is 3.30. The highest BCUT2D eigenvalue weighted by Gasteiger charge is 2.26. The highest BCUT2D eigenvalue weighted by atomic mass is 35.5. The summed E-state index contributed by atoms with van der Waals surface area (Å²) in [7, 11) is 0. The average molecular weight is 289 g/mol. The van der Waals surface area contributed by atoms with Crippen molar-refractivity contribution in [2.45, 2.75) is 25.6 Å². The quantitative estimate of drug-likeness (QED) is 0.814.